The molecule has 1 saturated heterocycles. The number of amides is 5. The van der Waals surface area contributed by atoms with Crippen LogP contribution in [0.2, 0.25) is 0 Å². The van der Waals surface area contributed by atoms with Crippen LogP contribution in [-0.2, 0) is 65.1 Å². The maximum atomic E-state index is 15.7. The van der Waals surface area contributed by atoms with E-state index in [1.54, 1.807) is 16.0 Å². The summed E-state index contributed by atoms with van der Waals surface area (Å²) in [4.78, 5) is 65.4. The molecule has 5 atom stereocenters. The zero-order valence-electron chi connectivity index (χ0n) is 45.2. The highest BCUT2D eigenvalue weighted by Gasteiger charge is 2.46. The average molecular weight is 1070 g/mol. The van der Waals surface area contributed by atoms with Gasteiger partial charge < -0.3 is 30.5 Å². The van der Waals surface area contributed by atoms with Gasteiger partial charge in [0, 0.05) is 37.4 Å². The van der Waals surface area contributed by atoms with Gasteiger partial charge in [-0.05, 0) is 70.0 Å². The Labute approximate surface area is 453 Å². The van der Waals surface area contributed by atoms with Crippen LogP contribution >= 0.6 is 7.82 Å². The van der Waals surface area contributed by atoms with Gasteiger partial charge in [0.15, 0.2) is 0 Å². The van der Waals surface area contributed by atoms with E-state index in [-0.39, 0.29) is 38.5 Å². The number of hydrogen-bond acceptors (Lipinski definition) is 10. The molecule has 1 fully saturated rings. The van der Waals surface area contributed by atoms with Gasteiger partial charge in [0.05, 0.1) is 38.2 Å². The predicted molar refractivity (Wildman–Crippen MR) is 298 cm³/mol. The molecule has 16 heteroatoms. The summed E-state index contributed by atoms with van der Waals surface area (Å²) in [5.41, 5.74) is 4.15. The Morgan fingerprint density at radius 2 is 1.14 bits per heavy atom. The first-order valence-electron chi connectivity index (χ1n) is 26.1. The van der Waals surface area contributed by atoms with Crippen molar-refractivity contribution in [1.29, 1.82) is 0 Å². The zero-order valence-corrected chi connectivity index (χ0v) is 46.1. The van der Waals surface area contributed by atoms with Crippen LogP contribution in [0.25, 0.3) is 11.3 Å². The number of carbonyl (C=O) groups is 4. The smallest absolute Gasteiger partial charge is 0.453 e. The van der Waals surface area contributed by atoms with Crippen molar-refractivity contribution in [3.05, 3.63) is 198 Å². The van der Waals surface area contributed by atoms with Crippen molar-refractivity contribution in [3.63, 3.8) is 0 Å². The van der Waals surface area contributed by atoms with Gasteiger partial charge in [-0.2, -0.15) is 0 Å². The van der Waals surface area contributed by atoms with Gasteiger partial charge in [-0.15, -0.1) is 0 Å². The average Bonchev–Trinajstić information content (AvgIpc) is 3.78. The van der Waals surface area contributed by atoms with Gasteiger partial charge in [-0.1, -0.05) is 193 Å². The van der Waals surface area contributed by atoms with Gasteiger partial charge in [0.25, 0.3) is 0 Å². The maximum Gasteiger partial charge on any atom is 0.475 e. The molecule has 1 aliphatic rings. The lowest BCUT2D eigenvalue weighted by atomic mass is 9.84. The highest BCUT2D eigenvalue weighted by molar-refractivity contribution is 7.48. The van der Waals surface area contributed by atoms with Crippen molar-refractivity contribution in [1.82, 2.24) is 30.7 Å². The number of ether oxygens (including phenoxy) is 1. The third-order valence-electron chi connectivity index (χ3n) is 13.4. The van der Waals surface area contributed by atoms with Gasteiger partial charge in [-0.25, -0.2) is 14.2 Å². The molecule has 406 valence electrons. The van der Waals surface area contributed by atoms with E-state index in [1.807, 2.05) is 205 Å². The van der Waals surface area contributed by atoms with Crippen molar-refractivity contribution in [3.8, 4) is 11.3 Å². The molecular weight excluding hydrogens is 992 g/mol. The first-order chi connectivity index (χ1) is 36.9. The molecule has 1 aliphatic heterocycles. The number of urea groups is 1. The van der Waals surface area contributed by atoms with E-state index < -0.39 is 66.8 Å². The second-order valence-electron chi connectivity index (χ2n) is 21.6. The molecule has 5 aromatic carbocycles. The van der Waals surface area contributed by atoms with Gasteiger partial charge >= 0.3 is 19.9 Å². The largest absolute Gasteiger partial charge is 0.475 e. The van der Waals surface area contributed by atoms with Crippen molar-refractivity contribution in [2.45, 2.75) is 111 Å². The van der Waals surface area contributed by atoms with E-state index in [2.05, 4.69) is 20.9 Å². The summed E-state index contributed by atoms with van der Waals surface area (Å²) in [6.45, 7) is 12.1. The number of methoxy groups -OCH3 is 1. The number of phosphoric ester groups is 1. The third-order valence-corrected chi connectivity index (χ3v) is 14.8. The van der Waals surface area contributed by atoms with Gasteiger partial charge in [0.1, 0.15) is 12.1 Å². The molecule has 2 heterocycles. The number of alkyl carbamates (subject to hydrolysis) is 1. The van der Waals surface area contributed by atoms with Crippen molar-refractivity contribution in [2.75, 3.05) is 20.2 Å². The minimum atomic E-state index is -4.63. The first-order valence-corrected chi connectivity index (χ1v) is 27.6. The topological polar surface area (TPSA) is 178 Å². The van der Waals surface area contributed by atoms with E-state index in [0.717, 1.165) is 27.9 Å². The summed E-state index contributed by atoms with van der Waals surface area (Å²) in [7, 11) is -3.40. The highest BCUT2D eigenvalue weighted by atomic mass is 31.2. The van der Waals surface area contributed by atoms with E-state index in [1.165, 1.54) is 7.11 Å². The number of hydrogen-bond donors (Lipinski definition) is 3. The van der Waals surface area contributed by atoms with E-state index in [4.69, 9.17) is 18.3 Å². The summed E-state index contributed by atoms with van der Waals surface area (Å²) < 4.78 is 40.1. The Hall–Kier alpha value is -7.16. The Bertz CT molecular complexity index is 2820. The summed E-state index contributed by atoms with van der Waals surface area (Å²) in [5, 5.41) is 9.29. The lowest BCUT2D eigenvalue weighted by Crippen LogP contribution is -2.59. The van der Waals surface area contributed by atoms with Crippen LogP contribution < -0.4 is 16.0 Å². The molecule has 15 nitrogen and oxygen atoms in total. The molecular formula is C61H73N6O9P. The molecule has 0 radical (unpaired) electrons. The molecule has 0 spiro atoms. The third kappa shape index (κ3) is 16.9. The first kappa shape index (κ1) is 57.5. The number of pyridine rings is 1. The lowest BCUT2D eigenvalue weighted by Gasteiger charge is -2.39. The number of benzene rings is 5. The molecule has 0 saturated carbocycles. The molecule has 1 aromatic heterocycles. The maximum absolute atomic E-state index is 15.7. The fourth-order valence-corrected chi connectivity index (χ4v) is 10.8. The van der Waals surface area contributed by atoms with Crippen molar-refractivity contribution < 1.29 is 42.1 Å². The fraction of sp³-hybridized carbons (Fsp3) is 0.361. The van der Waals surface area contributed by atoms with E-state index >= 15 is 9.36 Å². The zero-order chi connectivity index (χ0) is 55.0. The number of nitrogens with one attached hydrogen (secondary N) is 3. The van der Waals surface area contributed by atoms with Crippen LogP contribution in [-0.4, -0.2) is 89.2 Å². The highest BCUT2D eigenvalue weighted by Crippen LogP contribution is 2.53. The van der Waals surface area contributed by atoms with Crippen LogP contribution in [0.4, 0.5) is 9.59 Å². The second kappa shape index (κ2) is 26.7. The Balaban J connectivity index is 1.32. The Morgan fingerprint density at radius 3 is 1.66 bits per heavy atom. The van der Waals surface area contributed by atoms with Crippen LogP contribution in [0.1, 0.15) is 75.8 Å². The minimum absolute atomic E-state index is 0.0678. The Morgan fingerprint density at radius 1 is 0.610 bits per heavy atom. The molecule has 0 aliphatic carbocycles. The fourth-order valence-electron chi connectivity index (χ4n) is 9.44. The van der Waals surface area contributed by atoms with E-state index in [0.29, 0.717) is 30.8 Å². The molecule has 5 amide bonds. The molecule has 77 heavy (non-hydrogen) atoms. The molecule has 3 N–H and O–H groups in total. The molecule has 0 bridgehead atoms. The van der Waals surface area contributed by atoms with Crippen LogP contribution in [0.15, 0.2) is 170 Å². The lowest BCUT2D eigenvalue weighted by molar-refractivity contribution is -0.131. The van der Waals surface area contributed by atoms with Crippen LogP contribution in [0, 0.1) is 10.8 Å². The molecule has 0 unspecified atom stereocenters. The van der Waals surface area contributed by atoms with Gasteiger partial charge in [-0.3, -0.25) is 28.1 Å². The van der Waals surface area contributed by atoms with Crippen LogP contribution in [0.3, 0.4) is 0 Å². The standard InChI is InChI=1S/C61H73N6O9P/c1-60(2,3)54(65-58(70)73-7)56(68)63-50(38-45-31-33-49(34-32-45)51-30-20-21-35-62-51)40-53(76-77(72,74-42-47-26-16-10-17-27-47)75-43-48-28-18-11-19-29-48)52(39-44-22-12-8-13-23-44)64-57(69)55(61(4,5)6)67-37-36-66(59(67)71)41-46-24-14-9-15-25-46/h8-35,50,52-55H,36-43H2,1-7H3,(H,63,68)(H,64,69)(H,65,70)/t50-,52-,53-,54+,55+/m0/s1. The normalized spacial score (nSPS) is 15.0. The minimum Gasteiger partial charge on any atom is -0.453 e. The molecule has 7 rings (SSSR count). The number of phosphoric acid groups is 1. The number of carbonyl (C=O) groups excluding carboxylic acids is 4. The van der Waals surface area contributed by atoms with Crippen LogP contribution in [0.5, 0.6) is 0 Å². The summed E-state index contributed by atoms with van der Waals surface area (Å²) in [6, 6.07) is 47.1. The summed E-state index contributed by atoms with van der Waals surface area (Å²) >= 11 is 0. The predicted octanol–water partition coefficient (Wildman–Crippen LogP) is 10.9. The van der Waals surface area contributed by atoms with Crippen molar-refractivity contribution in [2.24, 2.45) is 10.8 Å². The summed E-state index contributed by atoms with van der Waals surface area (Å²) in [6.07, 6.45) is 0.0379. The van der Waals surface area contributed by atoms with Gasteiger partial charge in [0.2, 0.25) is 11.8 Å². The van der Waals surface area contributed by atoms with E-state index in [9.17, 15) is 14.4 Å². The monoisotopic (exact) mass is 1060 g/mol. The Kier molecular flexibility index (Phi) is 20.0. The number of nitrogens with zero attached hydrogens (tertiary/aromatic N) is 3. The quantitative estimate of drug-likeness (QED) is 0.0494. The second-order valence-corrected chi connectivity index (χ2v) is 23.2. The summed E-state index contributed by atoms with van der Waals surface area (Å²) in [5.74, 6) is -0.961. The number of rotatable bonds is 24. The SMILES string of the molecule is COC(=O)N[C@H](C(=O)N[C@@H](Cc1ccc(-c2ccccn2)cc1)C[C@H](OP(=O)(OCc1ccccc1)OCc1ccccc1)[C@H](Cc1ccccc1)NC(=O)[C@@H](N1CCN(Cc2ccccc2)C1=O)C(C)(C)C)C(C)(C)C. The van der Waals surface area contributed by atoms with Crippen molar-refractivity contribution >= 4 is 31.8 Å². The molecule has 6 aromatic rings. The number of aromatic nitrogens is 1.